The van der Waals surface area contributed by atoms with Crippen LogP contribution in [0, 0.1) is 6.07 Å². The number of hydrogen-bond acceptors (Lipinski definition) is 1. The van der Waals surface area contributed by atoms with Gasteiger partial charge in [0.1, 0.15) is 0 Å². The van der Waals surface area contributed by atoms with E-state index in [2.05, 4.69) is 33.5 Å². The maximum atomic E-state index is 5.98. The Hall–Kier alpha value is -0.367. The van der Waals surface area contributed by atoms with E-state index in [9.17, 15) is 0 Å². The molecule has 0 radical (unpaired) electrons. The first kappa shape index (κ1) is 17.7. The van der Waals surface area contributed by atoms with E-state index in [1.54, 1.807) is 0 Å². The third-order valence-corrected chi connectivity index (χ3v) is 3.08. The van der Waals surface area contributed by atoms with Crippen LogP contribution < -0.4 is 4.74 Å². The Balaban J connectivity index is 0.000000956. The van der Waals surface area contributed by atoms with Crippen LogP contribution in [-0.4, -0.2) is 6.10 Å². The van der Waals surface area contributed by atoms with Crippen LogP contribution in [0.25, 0.3) is 11.1 Å². The summed E-state index contributed by atoms with van der Waals surface area (Å²) in [4.78, 5) is 0. The van der Waals surface area contributed by atoms with Gasteiger partial charge in [-0.1, -0.05) is 36.2 Å². The fourth-order valence-electron chi connectivity index (χ4n) is 1.63. The van der Waals surface area contributed by atoms with Crippen molar-refractivity contribution in [3.05, 3.63) is 53.6 Å². The molecule has 0 aliphatic carbocycles. The molecule has 0 fully saturated rings. The van der Waals surface area contributed by atoms with Crippen molar-refractivity contribution >= 4 is 25.2 Å². The Labute approximate surface area is 142 Å². The third kappa shape index (κ3) is 5.56. The summed E-state index contributed by atoms with van der Waals surface area (Å²) < 4.78 is 5.70. The van der Waals surface area contributed by atoms with Crippen molar-refractivity contribution in [2.75, 3.05) is 0 Å². The normalized spacial score (nSPS) is 11.3. The van der Waals surface area contributed by atoms with Gasteiger partial charge in [-0.15, -0.1) is 17.7 Å². The Morgan fingerprint density at radius 1 is 1.25 bits per heavy atom. The second kappa shape index (κ2) is 9.55. The minimum atomic E-state index is 0.221. The van der Waals surface area contributed by atoms with Gasteiger partial charge in [0.25, 0.3) is 0 Å². The summed E-state index contributed by atoms with van der Waals surface area (Å²) in [5.74, 6) is 0.787. The van der Waals surface area contributed by atoms with Crippen molar-refractivity contribution < 1.29 is 21.1 Å². The Bertz CT molecular complexity index is 516. The van der Waals surface area contributed by atoms with E-state index in [-0.39, 0.29) is 6.10 Å². The summed E-state index contributed by atoms with van der Waals surface area (Å²) in [5.41, 5.74) is 2.18. The summed E-state index contributed by atoms with van der Waals surface area (Å²) in [7, 11) is 0. The molecule has 0 saturated carbocycles. The van der Waals surface area contributed by atoms with Crippen LogP contribution in [0.5, 0.6) is 5.75 Å². The molecule has 20 heavy (non-hydrogen) atoms. The molecule has 0 N–H and O–H groups in total. The van der Waals surface area contributed by atoms with E-state index in [1.807, 2.05) is 42.5 Å². The van der Waals surface area contributed by atoms with Crippen molar-refractivity contribution in [3.63, 3.8) is 0 Å². The first-order chi connectivity index (χ1) is 9.69. The van der Waals surface area contributed by atoms with Crippen LogP contribution in [0.1, 0.15) is 20.3 Å². The van der Waals surface area contributed by atoms with Crippen molar-refractivity contribution in [3.8, 4) is 16.9 Å². The van der Waals surface area contributed by atoms with Gasteiger partial charge < -0.3 is 4.74 Å². The first-order valence-corrected chi connectivity index (χ1v) is 13.7. The van der Waals surface area contributed by atoms with Gasteiger partial charge in [-0.05, 0) is 25.5 Å². The van der Waals surface area contributed by atoms with Gasteiger partial charge in [-0.25, -0.2) is 0 Å². The van der Waals surface area contributed by atoms with Crippen molar-refractivity contribution in [1.82, 2.24) is 0 Å². The number of hydrogen-bond donors (Lipinski definition) is 0. The van der Waals surface area contributed by atoms with Gasteiger partial charge in [-0.2, -0.15) is 12.1 Å². The van der Waals surface area contributed by atoms with E-state index in [0.29, 0.717) is 0 Å². The molecule has 0 spiro atoms. The predicted octanol–water partition coefficient (Wildman–Crippen LogP) is 5.83. The second-order valence-corrected chi connectivity index (χ2v) is 4.73. The van der Waals surface area contributed by atoms with Crippen LogP contribution in [-0.2, 0) is 16.3 Å². The number of halogens is 2. The fraction of sp³-hybridized carbons (Fsp3) is 0.250. The van der Waals surface area contributed by atoms with Gasteiger partial charge in [0, 0.05) is 10.8 Å². The van der Waals surface area contributed by atoms with E-state index in [4.69, 9.17) is 16.3 Å². The predicted molar refractivity (Wildman–Crippen MR) is 85.0 cm³/mol. The van der Waals surface area contributed by atoms with Crippen molar-refractivity contribution in [2.45, 2.75) is 26.4 Å². The standard InChI is InChI=1S/C16H16ClO.BrH.Zn/c1-3-12(2)18-16-9-7-13(8-10-16)14-5-4-6-15(17)11-14;;/h4-9,11-12H,3H2,1-2H3;1H;/q-1;;+2/p-1. The van der Waals surface area contributed by atoms with Crippen LogP contribution >= 0.6 is 25.2 Å². The molecule has 0 bridgehead atoms. The molecule has 1 unspecified atom stereocenters. The van der Waals surface area contributed by atoms with E-state index in [0.717, 1.165) is 28.3 Å². The minimum absolute atomic E-state index is 0.221. The van der Waals surface area contributed by atoms with Gasteiger partial charge in [0.15, 0.2) is 0 Å². The van der Waals surface area contributed by atoms with Crippen LogP contribution in [0.4, 0.5) is 0 Å². The second-order valence-electron chi connectivity index (χ2n) is 4.29. The van der Waals surface area contributed by atoms with Crippen LogP contribution in [0.2, 0.25) is 5.02 Å². The maximum absolute atomic E-state index is 5.98. The molecule has 0 aliphatic heterocycles. The fourth-order valence-corrected chi connectivity index (χ4v) is 1.82. The summed E-state index contributed by atoms with van der Waals surface area (Å²) in [6.45, 7) is 4.16. The molecular weight excluding hydrogens is 389 g/mol. The van der Waals surface area contributed by atoms with Gasteiger partial charge >= 0.3 is 30.0 Å². The molecule has 2 aromatic rings. The van der Waals surface area contributed by atoms with Gasteiger partial charge in [0.2, 0.25) is 0 Å². The first-order valence-electron chi connectivity index (χ1n) is 6.40. The van der Waals surface area contributed by atoms with Crippen LogP contribution in [0.15, 0.2) is 42.5 Å². The van der Waals surface area contributed by atoms with Crippen molar-refractivity contribution in [2.24, 2.45) is 0 Å². The Kier molecular flexibility index (Phi) is 8.44. The molecule has 0 amide bonds. The summed E-state index contributed by atoms with van der Waals surface area (Å²) in [6.07, 6.45) is 1.21. The third-order valence-electron chi connectivity index (χ3n) is 2.85. The average Bonchev–Trinajstić information content (AvgIpc) is 2.50. The zero-order valence-corrected chi connectivity index (χ0v) is 17.0. The Morgan fingerprint density at radius 3 is 2.55 bits per heavy atom. The molecule has 0 aromatic heterocycles. The molecule has 4 heteroatoms. The van der Waals surface area contributed by atoms with Gasteiger partial charge in [0.05, 0.1) is 6.10 Å². The number of benzene rings is 2. The molecule has 1 atom stereocenters. The summed E-state index contributed by atoms with van der Waals surface area (Å²) in [6, 6.07) is 16.9. The Morgan fingerprint density at radius 2 is 2.00 bits per heavy atom. The molecule has 0 heterocycles. The van der Waals surface area contributed by atoms with Crippen molar-refractivity contribution in [1.29, 1.82) is 0 Å². The summed E-state index contributed by atoms with van der Waals surface area (Å²) in [5, 5.41) is 0.743. The topological polar surface area (TPSA) is 9.23 Å². The number of ether oxygens (including phenoxy) is 1. The monoisotopic (exact) mass is 402 g/mol. The van der Waals surface area contributed by atoms with Gasteiger partial charge in [-0.3, -0.25) is 0 Å². The quantitative estimate of drug-likeness (QED) is 0.460. The molecule has 2 aromatic carbocycles. The number of rotatable bonds is 4. The SMILES string of the molecule is CCC(C)Oc1[c-]cc(-c2cccc(Cl)c2)cc1.[Zn+][Br]. The van der Waals surface area contributed by atoms with Crippen LogP contribution in [0.3, 0.4) is 0 Å². The molecule has 0 saturated heterocycles. The average molecular weight is 405 g/mol. The zero-order chi connectivity index (χ0) is 15.0. The molecule has 1 nitrogen and oxygen atoms in total. The molecular formula is C16H16BrClOZn. The van der Waals surface area contributed by atoms with E-state index in [1.165, 1.54) is 16.3 Å². The summed E-state index contributed by atoms with van der Waals surface area (Å²) >= 11 is 10.2. The zero-order valence-electron chi connectivity index (χ0n) is 11.7. The molecule has 102 valence electrons. The molecule has 0 aliphatic rings. The van der Waals surface area contributed by atoms with E-state index < -0.39 is 0 Å². The molecule has 2 rings (SSSR count). The van der Waals surface area contributed by atoms with E-state index >= 15 is 0 Å².